The minimum absolute atomic E-state index is 0.385. The van der Waals surface area contributed by atoms with Gasteiger partial charge < -0.3 is 10.0 Å². The van der Waals surface area contributed by atoms with E-state index in [1.165, 1.54) is 25.7 Å². The second-order valence-electron chi connectivity index (χ2n) is 5.38. The summed E-state index contributed by atoms with van der Waals surface area (Å²) in [5.41, 5.74) is 1.14. The van der Waals surface area contributed by atoms with Crippen LogP contribution in [0.2, 0.25) is 0 Å². The molecular formula is C18H25NO. The molecule has 0 spiro atoms. The normalized spacial score (nSPS) is 10.9. The lowest BCUT2D eigenvalue weighted by molar-refractivity contribution is 0.481. The van der Waals surface area contributed by atoms with E-state index in [4.69, 9.17) is 0 Å². The van der Waals surface area contributed by atoms with Crippen LogP contribution in [0.15, 0.2) is 36.4 Å². The molecule has 20 heavy (non-hydrogen) atoms. The molecule has 108 valence electrons. The van der Waals surface area contributed by atoms with Gasteiger partial charge in [0.15, 0.2) is 0 Å². The van der Waals surface area contributed by atoms with E-state index in [-0.39, 0.29) is 0 Å². The van der Waals surface area contributed by atoms with Crippen LogP contribution >= 0.6 is 0 Å². The number of nitrogens with zero attached hydrogens (tertiary/aromatic N) is 1. The van der Waals surface area contributed by atoms with Crippen LogP contribution in [-0.2, 0) is 0 Å². The van der Waals surface area contributed by atoms with Gasteiger partial charge in [-0.2, -0.15) is 0 Å². The summed E-state index contributed by atoms with van der Waals surface area (Å²) < 4.78 is 0. The summed E-state index contributed by atoms with van der Waals surface area (Å²) in [4.78, 5) is 2.40. The highest BCUT2D eigenvalue weighted by Gasteiger charge is 2.09. The van der Waals surface area contributed by atoms with E-state index < -0.39 is 0 Å². The fourth-order valence-electron chi connectivity index (χ4n) is 2.53. The van der Waals surface area contributed by atoms with Gasteiger partial charge in [0.05, 0.1) is 0 Å². The molecule has 0 aliphatic carbocycles. The Balaban J connectivity index is 2.31. The second-order valence-corrected chi connectivity index (χ2v) is 5.38. The summed E-state index contributed by atoms with van der Waals surface area (Å²) in [5.74, 6) is 0.385. The Bertz CT molecular complexity index is 542. The SMILES string of the molecule is CCCCN(CCCC)c1cc(O)c2ccccc2c1. The van der Waals surface area contributed by atoms with E-state index in [1.54, 1.807) is 0 Å². The molecule has 2 aromatic carbocycles. The monoisotopic (exact) mass is 271 g/mol. The summed E-state index contributed by atoms with van der Waals surface area (Å²) in [6.07, 6.45) is 4.78. The van der Waals surface area contributed by atoms with Crippen LogP contribution in [0.5, 0.6) is 5.75 Å². The molecule has 0 amide bonds. The zero-order chi connectivity index (χ0) is 14.4. The highest BCUT2D eigenvalue weighted by atomic mass is 16.3. The third-order valence-corrected chi connectivity index (χ3v) is 3.75. The molecule has 0 atom stereocenters. The van der Waals surface area contributed by atoms with Crippen molar-refractivity contribution in [1.29, 1.82) is 0 Å². The summed E-state index contributed by atoms with van der Waals surface area (Å²) in [7, 11) is 0. The average Bonchev–Trinajstić information content (AvgIpc) is 2.47. The summed E-state index contributed by atoms with van der Waals surface area (Å²) in [6.45, 7) is 6.56. The van der Waals surface area contributed by atoms with E-state index in [0.717, 1.165) is 29.5 Å². The molecule has 0 heterocycles. The molecule has 2 heteroatoms. The third-order valence-electron chi connectivity index (χ3n) is 3.75. The molecule has 0 saturated carbocycles. The van der Waals surface area contributed by atoms with Crippen molar-refractivity contribution in [3.05, 3.63) is 36.4 Å². The lowest BCUT2D eigenvalue weighted by Gasteiger charge is -2.25. The number of anilines is 1. The first kappa shape index (κ1) is 14.7. The van der Waals surface area contributed by atoms with Crippen molar-refractivity contribution in [3.8, 4) is 5.75 Å². The molecular weight excluding hydrogens is 246 g/mol. The third kappa shape index (κ3) is 3.44. The van der Waals surface area contributed by atoms with E-state index >= 15 is 0 Å². The van der Waals surface area contributed by atoms with Gasteiger partial charge in [-0.1, -0.05) is 51.0 Å². The number of rotatable bonds is 7. The molecule has 0 fully saturated rings. The first-order valence-electron chi connectivity index (χ1n) is 7.73. The van der Waals surface area contributed by atoms with Crippen molar-refractivity contribution in [2.24, 2.45) is 0 Å². The standard InChI is InChI=1S/C18H25NO/c1-3-5-11-19(12-6-4-2)16-13-15-9-7-8-10-17(15)18(20)14-16/h7-10,13-14,20H,3-6,11-12H2,1-2H3. The Morgan fingerprint density at radius 3 is 2.25 bits per heavy atom. The summed E-state index contributed by atoms with van der Waals surface area (Å²) in [6, 6.07) is 12.1. The van der Waals surface area contributed by atoms with E-state index in [0.29, 0.717) is 5.75 Å². The molecule has 2 nitrogen and oxygen atoms in total. The minimum Gasteiger partial charge on any atom is -0.507 e. The van der Waals surface area contributed by atoms with Crippen LogP contribution < -0.4 is 4.90 Å². The summed E-state index contributed by atoms with van der Waals surface area (Å²) in [5, 5.41) is 12.3. The smallest absolute Gasteiger partial charge is 0.125 e. The predicted molar refractivity (Wildman–Crippen MR) is 87.6 cm³/mol. The zero-order valence-corrected chi connectivity index (χ0v) is 12.6. The Morgan fingerprint density at radius 2 is 1.60 bits per heavy atom. The number of hydrogen-bond acceptors (Lipinski definition) is 2. The van der Waals surface area contributed by atoms with E-state index in [2.05, 4.69) is 30.9 Å². The molecule has 2 rings (SSSR count). The van der Waals surface area contributed by atoms with Gasteiger partial charge in [-0.25, -0.2) is 0 Å². The van der Waals surface area contributed by atoms with Gasteiger partial charge in [0, 0.05) is 30.2 Å². The molecule has 0 unspecified atom stereocenters. The second kappa shape index (κ2) is 7.18. The van der Waals surface area contributed by atoms with Crippen LogP contribution in [0.3, 0.4) is 0 Å². The Kier molecular flexibility index (Phi) is 5.28. The number of aromatic hydroxyl groups is 1. The van der Waals surface area contributed by atoms with Crippen molar-refractivity contribution >= 4 is 16.5 Å². The van der Waals surface area contributed by atoms with Gasteiger partial charge in [0.1, 0.15) is 5.75 Å². The largest absolute Gasteiger partial charge is 0.507 e. The highest BCUT2D eigenvalue weighted by molar-refractivity contribution is 5.91. The van der Waals surface area contributed by atoms with Gasteiger partial charge >= 0.3 is 0 Å². The van der Waals surface area contributed by atoms with Gasteiger partial charge in [-0.15, -0.1) is 0 Å². The molecule has 0 bridgehead atoms. The Labute approximate surface area is 122 Å². The molecule has 0 saturated heterocycles. The number of hydrogen-bond donors (Lipinski definition) is 1. The summed E-state index contributed by atoms with van der Waals surface area (Å²) >= 11 is 0. The molecule has 2 aromatic rings. The Hall–Kier alpha value is -1.70. The molecule has 1 N–H and O–H groups in total. The first-order chi connectivity index (χ1) is 9.76. The van der Waals surface area contributed by atoms with Gasteiger partial charge in [0.25, 0.3) is 0 Å². The molecule has 0 aliphatic rings. The maximum atomic E-state index is 10.2. The van der Waals surface area contributed by atoms with Crippen molar-refractivity contribution < 1.29 is 5.11 Å². The Morgan fingerprint density at radius 1 is 0.950 bits per heavy atom. The van der Waals surface area contributed by atoms with Gasteiger partial charge in [0.2, 0.25) is 0 Å². The maximum Gasteiger partial charge on any atom is 0.125 e. The topological polar surface area (TPSA) is 23.5 Å². The van der Waals surface area contributed by atoms with Crippen LogP contribution in [-0.4, -0.2) is 18.2 Å². The number of fused-ring (bicyclic) bond motifs is 1. The van der Waals surface area contributed by atoms with Crippen LogP contribution in [0.25, 0.3) is 10.8 Å². The minimum atomic E-state index is 0.385. The molecule has 0 aliphatic heterocycles. The van der Waals surface area contributed by atoms with Crippen molar-refractivity contribution in [2.75, 3.05) is 18.0 Å². The quantitative estimate of drug-likeness (QED) is 0.770. The number of unbranched alkanes of at least 4 members (excludes halogenated alkanes) is 2. The lowest BCUT2D eigenvalue weighted by atomic mass is 10.1. The van der Waals surface area contributed by atoms with Crippen LogP contribution in [0, 0.1) is 0 Å². The van der Waals surface area contributed by atoms with Crippen molar-refractivity contribution in [1.82, 2.24) is 0 Å². The van der Waals surface area contributed by atoms with Crippen LogP contribution in [0.1, 0.15) is 39.5 Å². The zero-order valence-electron chi connectivity index (χ0n) is 12.6. The number of phenols is 1. The van der Waals surface area contributed by atoms with Gasteiger partial charge in [-0.05, 0) is 24.3 Å². The first-order valence-corrected chi connectivity index (χ1v) is 7.73. The average molecular weight is 271 g/mol. The van der Waals surface area contributed by atoms with Crippen LogP contribution in [0.4, 0.5) is 5.69 Å². The fourth-order valence-corrected chi connectivity index (χ4v) is 2.53. The van der Waals surface area contributed by atoms with E-state index in [9.17, 15) is 5.11 Å². The van der Waals surface area contributed by atoms with Crippen molar-refractivity contribution in [2.45, 2.75) is 39.5 Å². The predicted octanol–water partition coefficient (Wildman–Crippen LogP) is 4.95. The number of benzene rings is 2. The van der Waals surface area contributed by atoms with E-state index in [1.807, 2.05) is 24.3 Å². The lowest BCUT2D eigenvalue weighted by Crippen LogP contribution is -2.25. The fraction of sp³-hybridized carbons (Fsp3) is 0.444. The molecule has 0 aromatic heterocycles. The highest BCUT2D eigenvalue weighted by Crippen LogP contribution is 2.31. The molecule has 0 radical (unpaired) electrons. The van der Waals surface area contributed by atoms with Crippen molar-refractivity contribution in [3.63, 3.8) is 0 Å². The van der Waals surface area contributed by atoms with Gasteiger partial charge in [-0.3, -0.25) is 0 Å². The number of phenolic OH excluding ortho intramolecular Hbond substituents is 1. The maximum absolute atomic E-state index is 10.2.